The van der Waals surface area contributed by atoms with Gasteiger partial charge >= 0.3 is 5.97 Å². The van der Waals surface area contributed by atoms with E-state index < -0.39 is 17.9 Å². The minimum Gasteiger partial charge on any atom is -0.504 e. The summed E-state index contributed by atoms with van der Waals surface area (Å²) in [5, 5.41) is 30.3. The molecule has 2 rings (SSSR count). The van der Waals surface area contributed by atoms with E-state index in [2.05, 4.69) is 10.3 Å². The SMILES string of the molecule is O=C(NC(Cc1ccc(O)c(O)c1)C(=O)O)c1ccncc1. The van der Waals surface area contributed by atoms with Gasteiger partial charge in [-0.05, 0) is 29.8 Å². The standard InChI is InChI=1S/C15H14N2O5/c18-12-2-1-9(8-13(12)19)7-11(15(21)22)17-14(20)10-3-5-16-6-4-10/h1-6,8,11,18-19H,7H2,(H,17,20)(H,21,22). The fraction of sp³-hybridized carbons (Fsp3) is 0.133. The smallest absolute Gasteiger partial charge is 0.326 e. The van der Waals surface area contributed by atoms with Crippen molar-refractivity contribution in [2.45, 2.75) is 12.5 Å². The molecule has 114 valence electrons. The molecule has 1 aromatic heterocycles. The largest absolute Gasteiger partial charge is 0.504 e. The molecule has 2 aromatic rings. The molecule has 22 heavy (non-hydrogen) atoms. The molecule has 7 nitrogen and oxygen atoms in total. The van der Waals surface area contributed by atoms with Gasteiger partial charge in [-0.2, -0.15) is 0 Å². The first-order valence-electron chi connectivity index (χ1n) is 6.42. The highest BCUT2D eigenvalue weighted by molar-refractivity contribution is 5.96. The highest BCUT2D eigenvalue weighted by atomic mass is 16.4. The number of hydrogen-bond acceptors (Lipinski definition) is 5. The van der Waals surface area contributed by atoms with Gasteiger partial charge in [-0.15, -0.1) is 0 Å². The fourth-order valence-corrected chi connectivity index (χ4v) is 1.88. The van der Waals surface area contributed by atoms with Gasteiger partial charge in [-0.25, -0.2) is 4.79 Å². The van der Waals surface area contributed by atoms with Crippen LogP contribution >= 0.6 is 0 Å². The quantitative estimate of drug-likeness (QED) is 0.610. The maximum absolute atomic E-state index is 12.0. The average Bonchev–Trinajstić information content (AvgIpc) is 2.51. The van der Waals surface area contributed by atoms with Crippen LogP contribution in [-0.2, 0) is 11.2 Å². The number of carboxylic acid groups (broad SMARTS) is 1. The summed E-state index contributed by atoms with van der Waals surface area (Å²) in [5.74, 6) is -2.37. The van der Waals surface area contributed by atoms with Crippen molar-refractivity contribution in [1.82, 2.24) is 10.3 Å². The Morgan fingerprint density at radius 2 is 1.77 bits per heavy atom. The first-order valence-corrected chi connectivity index (χ1v) is 6.42. The molecule has 4 N–H and O–H groups in total. The van der Waals surface area contributed by atoms with E-state index in [0.29, 0.717) is 11.1 Å². The number of aromatic hydroxyl groups is 2. The van der Waals surface area contributed by atoms with Crippen molar-refractivity contribution < 1.29 is 24.9 Å². The first kappa shape index (κ1) is 15.3. The van der Waals surface area contributed by atoms with Crippen LogP contribution < -0.4 is 5.32 Å². The zero-order valence-corrected chi connectivity index (χ0v) is 11.4. The molecule has 1 atom stereocenters. The molecule has 1 amide bonds. The second kappa shape index (κ2) is 6.57. The van der Waals surface area contributed by atoms with Crippen LogP contribution in [0.2, 0.25) is 0 Å². The Labute approximate surface area is 125 Å². The predicted molar refractivity (Wildman–Crippen MR) is 76.6 cm³/mol. The van der Waals surface area contributed by atoms with Crippen molar-refractivity contribution in [3.05, 3.63) is 53.9 Å². The van der Waals surface area contributed by atoms with Crippen molar-refractivity contribution in [1.29, 1.82) is 0 Å². The molecular formula is C15H14N2O5. The molecule has 1 unspecified atom stereocenters. The van der Waals surface area contributed by atoms with E-state index in [1.165, 1.54) is 42.7 Å². The van der Waals surface area contributed by atoms with Gasteiger partial charge < -0.3 is 20.6 Å². The van der Waals surface area contributed by atoms with Crippen LogP contribution in [-0.4, -0.2) is 38.2 Å². The predicted octanol–water partition coefficient (Wildman–Crippen LogP) is 0.918. The molecule has 0 saturated carbocycles. The number of carbonyl (C=O) groups excluding carboxylic acids is 1. The van der Waals surface area contributed by atoms with Crippen molar-refractivity contribution >= 4 is 11.9 Å². The number of carboxylic acids is 1. The lowest BCUT2D eigenvalue weighted by atomic mass is 10.0. The number of pyridine rings is 1. The number of benzene rings is 1. The molecule has 1 heterocycles. The van der Waals surface area contributed by atoms with Gasteiger partial charge in [0.05, 0.1) is 0 Å². The van der Waals surface area contributed by atoms with Crippen LogP contribution in [0.5, 0.6) is 11.5 Å². The molecule has 0 spiro atoms. The summed E-state index contributed by atoms with van der Waals surface area (Å²) in [4.78, 5) is 27.0. The normalized spacial score (nSPS) is 11.6. The zero-order valence-electron chi connectivity index (χ0n) is 11.4. The molecule has 0 bridgehead atoms. The zero-order chi connectivity index (χ0) is 16.1. The molecule has 0 aliphatic heterocycles. The van der Waals surface area contributed by atoms with Crippen molar-refractivity contribution in [3.63, 3.8) is 0 Å². The van der Waals surface area contributed by atoms with E-state index in [1.807, 2.05) is 0 Å². The second-order valence-corrected chi connectivity index (χ2v) is 4.63. The highest BCUT2D eigenvalue weighted by Gasteiger charge is 2.21. The number of hydrogen-bond donors (Lipinski definition) is 4. The van der Waals surface area contributed by atoms with Crippen LogP contribution in [0.3, 0.4) is 0 Å². The van der Waals surface area contributed by atoms with Gasteiger partial charge in [0.15, 0.2) is 11.5 Å². The summed E-state index contributed by atoms with van der Waals surface area (Å²) in [6.07, 6.45) is 2.84. The number of phenols is 2. The van der Waals surface area contributed by atoms with E-state index in [9.17, 15) is 24.9 Å². The Morgan fingerprint density at radius 3 is 2.36 bits per heavy atom. The Balaban J connectivity index is 2.12. The minimum atomic E-state index is -1.20. The summed E-state index contributed by atoms with van der Waals surface area (Å²) in [6, 6.07) is 5.77. The van der Waals surface area contributed by atoms with Gasteiger partial charge in [0.2, 0.25) is 0 Å². The van der Waals surface area contributed by atoms with Gasteiger partial charge in [0.1, 0.15) is 6.04 Å². The molecule has 0 fully saturated rings. The lowest BCUT2D eigenvalue weighted by Gasteiger charge is -2.15. The molecule has 0 aliphatic rings. The molecule has 0 radical (unpaired) electrons. The average molecular weight is 302 g/mol. The number of carbonyl (C=O) groups is 2. The van der Waals surface area contributed by atoms with Crippen molar-refractivity contribution in [2.75, 3.05) is 0 Å². The number of aliphatic carboxylic acids is 1. The number of amides is 1. The van der Waals surface area contributed by atoms with Gasteiger partial charge in [-0.3, -0.25) is 9.78 Å². The molecule has 7 heteroatoms. The van der Waals surface area contributed by atoms with E-state index in [4.69, 9.17) is 0 Å². The van der Waals surface area contributed by atoms with Gasteiger partial charge in [-0.1, -0.05) is 6.07 Å². The number of phenolic OH excluding ortho intramolecular Hbond substituents is 2. The van der Waals surface area contributed by atoms with Crippen LogP contribution in [0.15, 0.2) is 42.7 Å². The third kappa shape index (κ3) is 3.72. The lowest BCUT2D eigenvalue weighted by Crippen LogP contribution is -2.42. The van der Waals surface area contributed by atoms with Gasteiger partial charge in [0, 0.05) is 24.4 Å². The number of rotatable bonds is 5. The fourth-order valence-electron chi connectivity index (χ4n) is 1.88. The Morgan fingerprint density at radius 1 is 1.09 bits per heavy atom. The van der Waals surface area contributed by atoms with Crippen LogP contribution in [0, 0.1) is 0 Å². The summed E-state index contributed by atoms with van der Waals surface area (Å²) in [7, 11) is 0. The highest BCUT2D eigenvalue weighted by Crippen LogP contribution is 2.25. The monoisotopic (exact) mass is 302 g/mol. The van der Waals surface area contributed by atoms with E-state index in [1.54, 1.807) is 0 Å². The summed E-state index contributed by atoms with van der Waals surface area (Å²) >= 11 is 0. The van der Waals surface area contributed by atoms with Crippen molar-refractivity contribution in [3.8, 4) is 11.5 Å². The van der Waals surface area contributed by atoms with E-state index >= 15 is 0 Å². The van der Waals surface area contributed by atoms with Crippen molar-refractivity contribution in [2.24, 2.45) is 0 Å². The van der Waals surface area contributed by atoms with Crippen LogP contribution in [0.25, 0.3) is 0 Å². The summed E-state index contributed by atoms with van der Waals surface area (Å²) in [5.41, 5.74) is 0.771. The van der Waals surface area contributed by atoms with Crippen LogP contribution in [0.4, 0.5) is 0 Å². The molecular weight excluding hydrogens is 288 g/mol. The molecule has 0 saturated heterocycles. The third-order valence-corrected chi connectivity index (χ3v) is 3.03. The van der Waals surface area contributed by atoms with Crippen LogP contribution in [0.1, 0.15) is 15.9 Å². The topological polar surface area (TPSA) is 120 Å². The van der Waals surface area contributed by atoms with E-state index in [0.717, 1.165) is 0 Å². The van der Waals surface area contributed by atoms with Gasteiger partial charge in [0.25, 0.3) is 5.91 Å². The number of nitrogens with zero attached hydrogens (tertiary/aromatic N) is 1. The first-order chi connectivity index (χ1) is 10.5. The Bertz CT molecular complexity index is 688. The summed E-state index contributed by atoms with van der Waals surface area (Å²) in [6.45, 7) is 0. The Hall–Kier alpha value is -3.09. The maximum Gasteiger partial charge on any atom is 0.326 e. The lowest BCUT2D eigenvalue weighted by molar-refractivity contribution is -0.139. The maximum atomic E-state index is 12.0. The number of aromatic nitrogens is 1. The van der Waals surface area contributed by atoms with E-state index in [-0.39, 0.29) is 17.9 Å². The molecule has 1 aromatic carbocycles. The second-order valence-electron chi connectivity index (χ2n) is 4.63. The number of nitrogens with one attached hydrogen (secondary N) is 1. The minimum absolute atomic E-state index is 0.0278. The summed E-state index contributed by atoms with van der Waals surface area (Å²) < 4.78 is 0. The Kier molecular flexibility index (Phi) is 4.57. The third-order valence-electron chi connectivity index (χ3n) is 3.03. The molecule has 0 aliphatic carbocycles.